The van der Waals surface area contributed by atoms with Gasteiger partial charge in [-0.2, -0.15) is 0 Å². The molecule has 0 spiro atoms. The highest BCUT2D eigenvalue weighted by Gasteiger charge is 2.35. The molecule has 0 aromatic heterocycles. The summed E-state index contributed by atoms with van der Waals surface area (Å²) in [6, 6.07) is 0. The van der Waals surface area contributed by atoms with Crippen molar-refractivity contribution in [3.8, 4) is 0 Å². The van der Waals surface area contributed by atoms with Crippen LogP contribution in [-0.2, 0) is 0 Å². The highest BCUT2D eigenvalue weighted by molar-refractivity contribution is 4.98. The molecule has 1 heteroatoms. The van der Waals surface area contributed by atoms with Crippen LogP contribution in [0.4, 0.5) is 0 Å². The Morgan fingerprint density at radius 3 is 2.60 bits per heavy atom. The van der Waals surface area contributed by atoms with Gasteiger partial charge in [0.2, 0.25) is 0 Å². The average Bonchev–Trinajstić information content (AvgIpc) is 2.47. The van der Waals surface area contributed by atoms with E-state index in [1.165, 1.54) is 18.4 Å². The largest absolute Gasteiger partial charge is 0.311 e. The Labute approximate surface area is 63.5 Å². The van der Waals surface area contributed by atoms with E-state index in [1.54, 1.807) is 0 Å². The quantitative estimate of drug-likeness (QED) is 0.588. The summed E-state index contributed by atoms with van der Waals surface area (Å²) in [5.74, 6) is 0. The molecule has 0 amide bonds. The van der Waals surface area contributed by atoms with Crippen molar-refractivity contribution in [2.24, 2.45) is 0 Å². The lowest BCUT2D eigenvalue weighted by Crippen LogP contribution is -2.28. The molecule has 0 bridgehead atoms. The number of hydrogen-bond donors (Lipinski definition) is 1. The molecule has 1 aliphatic carbocycles. The van der Waals surface area contributed by atoms with Crippen LogP contribution >= 0.6 is 0 Å². The predicted octanol–water partition coefficient (Wildman–Crippen LogP) is 2.09. The molecule has 0 radical (unpaired) electrons. The second kappa shape index (κ2) is 2.75. The normalized spacial score (nSPS) is 20.6. The van der Waals surface area contributed by atoms with Gasteiger partial charge in [0.05, 0.1) is 0 Å². The van der Waals surface area contributed by atoms with Crippen LogP contribution in [0.15, 0.2) is 12.2 Å². The van der Waals surface area contributed by atoms with Crippen LogP contribution in [0.3, 0.4) is 0 Å². The minimum Gasteiger partial charge on any atom is -0.311 e. The second-order valence-electron chi connectivity index (χ2n) is 3.69. The Morgan fingerprint density at radius 2 is 2.20 bits per heavy atom. The molecule has 0 heterocycles. The van der Waals surface area contributed by atoms with Gasteiger partial charge < -0.3 is 5.32 Å². The maximum atomic E-state index is 3.86. The summed E-state index contributed by atoms with van der Waals surface area (Å²) in [5, 5.41) is 3.50. The molecule has 1 nitrogen and oxygen atoms in total. The van der Waals surface area contributed by atoms with Gasteiger partial charge in [-0.15, -0.1) is 6.58 Å². The van der Waals surface area contributed by atoms with Crippen molar-refractivity contribution in [1.82, 2.24) is 5.32 Å². The zero-order chi connectivity index (χ0) is 7.61. The lowest BCUT2D eigenvalue weighted by Gasteiger charge is -2.10. The van der Waals surface area contributed by atoms with Gasteiger partial charge in [0, 0.05) is 5.54 Å². The Bertz CT molecular complexity index is 134. The Morgan fingerprint density at radius 1 is 1.60 bits per heavy atom. The Balaban J connectivity index is 2.00. The number of nitrogens with one attached hydrogen (secondary N) is 1. The number of hydrogen-bond acceptors (Lipinski definition) is 1. The van der Waals surface area contributed by atoms with Crippen molar-refractivity contribution >= 4 is 0 Å². The monoisotopic (exact) mass is 139 g/mol. The summed E-state index contributed by atoms with van der Waals surface area (Å²) in [6.45, 7) is 9.32. The third kappa shape index (κ3) is 2.53. The minimum atomic E-state index is 0.495. The van der Waals surface area contributed by atoms with Gasteiger partial charge in [0.25, 0.3) is 0 Å². The highest BCUT2D eigenvalue weighted by Crippen LogP contribution is 2.34. The summed E-state index contributed by atoms with van der Waals surface area (Å²) in [5.41, 5.74) is 1.77. The zero-order valence-corrected chi connectivity index (χ0v) is 7.04. The van der Waals surface area contributed by atoms with Crippen molar-refractivity contribution in [3.63, 3.8) is 0 Å². The topological polar surface area (TPSA) is 12.0 Å². The number of rotatable bonds is 4. The fraction of sp³-hybridized carbons (Fsp3) is 0.778. The van der Waals surface area contributed by atoms with Crippen molar-refractivity contribution in [1.29, 1.82) is 0 Å². The van der Waals surface area contributed by atoms with Gasteiger partial charge in [0.15, 0.2) is 0 Å². The first kappa shape index (κ1) is 7.80. The van der Waals surface area contributed by atoms with E-state index in [0.717, 1.165) is 13.0 Å². The van der Waals surface area contributed by atoms with Gasteiger partial charge in [-0.25, -0.2) is 0 Å². The first-order chi connectivity index (χ1) is 4.62. The van der Waals surface area contributed by atoms with Gasteiger partial charge >= 0.3 is 0 Å². The lowest BCUT2D eigenvalue weighted by molar-refractivity contribution is 0.541. The smallest absolute Gasteiger partial charge is 0.0154 e. The lowest BCUT2D eigenvalue weighted by atomic mass is 10.2. The molecule has 10 heavy (non-hydrogen) atoms. The zero-order valence-electron chi connectivity index (χ0n) is 7.04. The fourth-order valence-electron chi connectivity index (χ4n) is 0.942. The van der Waals surface area contributed by atoms with Crippen LogP contribution in [0.25, 0.3) is 0 Å². The van der Waals surface area contributed by atoms with E-state index in [9.17, 15) is 0 Å². The Kier molecular flexibility index (Phi) is 2.14. The molecule has 0 unspecified atom stereocenters. The summed E-state index contributed by atoms with van der Waals surface area (Å²) in [6.07, 6.45) is 3.82. The molecule has 1 fully saturated rings. The molecule has 0 aliphatic heterocycles. The van der Waals surface area contributed by atoms with Crippen molar-refractivity contribution in [3.05, 3.63) is 12.2 Å². The molecular formula is C9H17N. The van der Waals surface area contributed by atoms with E-state index in [1.807, 2.05) is 0 Å². The molecule has 0 aromatic carbocycles. The van der Waals surface area contributed by atoms with Crippen LogP contribution in [0.2, 0.25) is 0 Å². The summed E-state index contributed by atoms with van der Waals surface area (Å²) < 4.78 is 0. The highest BCUT2D eigenvalue weighted by atomic mass is 15.0. The van der Waals surface area contributed by atoms with Crippen LogP contribution in [-0.4, -0.2) is 12.1 Å². The van der Waals surface area contributed by atoms with E-state index >= 15 is 0 Å². The molecule has 1 N–H and O–H groups in total. The summed E-state index contributed by atoms with van der Waals surface area (Å²) in [4.78, 5) is 0. The Hall–Kier alpha value is -0.300. The van der Waals surface area contributed by atoms with Crippen LogP contribution in [0.5, 0.6) is 0 Å². The molecule has 1 saturated carbocycles. The maximum absolute atomic E-state index is 3.86. The maximum Gasteiger partial charge on any atom is 0.0154 e. The van der Waals surface area contributed by atoms with Crippen LogP contribution in [0.1, 0.15) is 33.1 Å². The standard InChI is InChI=1S/C9H17N/c1-8(2)4-7-10-9(3)5-6-9/h10H,1,4-7H2,2-3H3. The first-order valence-corrected chi connectivity index (χ1v) is 4.02. The van der Waals surface area contributed by atoms with E-state index in [0.29, 0.717) is 5.54 Å². The van der Waals surface area contributed by atoms with Crippen LogP contribution in [0, 0.1) is 0 Å². The third-order valence-corrected chi connectivity index (χ3v) is 2.10. The molecule has 0 aromatic rings. The molecule has 0 saturated heterocycles. The molecule has 1 rings (SSSR count). The van der Waals surface area contributed by atoms with Gasteiger partial charge in [-0.05, 0) is 39.7 Å². The van der Waals surface area contributed by atoms with E-state index in [4.69, 9.17) is 0 Å². The molecule has 58 valence electrons. The predicted molar refractivity (Wildman–Crippen MR) is 45.1 cm³/mol. The van der Waals surface area contributed by atoms with E-state index < -0.39 is 0 Å². The first-order valence-electron chi connectivity index (χ1n) is 4.02. The van der Waals surface area contributed by atoms with Gasteiger partial charge in [-0.1, -0.05) is 5.57 Å². The van der Waals surface area contributed by atoms with Crippen LogP contribution < -0.4 is 5.32 Å². The average molecular weight is 139 g/mol. The minimum absolute atomic E-state index is 0.495. The molecule has 0 atom stereocenters. The molecule has 1 aliphatic rings. The van der Waals surface area contributed by atoms with Crippen molar-refractivity contribution in [2.45, 2.75) is 38.6 Å². The summed E-state index contributed by atoms with van der Waals surface area (Å²) in [7, 11) is 0. The van der Waals surface area contributed by atoms with Crippen molar-refractivity contribution < 1.29 is 0 Å². The van der Waals surface area contributed by atoms with Gasteiger partial charge in [-0.3, -0.25) is 0 Å². The SMILES string of the molecule is C=C(C)CCNC1(C)CC1. The molecular weight excluding hydrogens is 122 g/mol. The van der Waals surface area contributed by atoms with E-state index in [-0.39, 0.29) is 0 Å². The van der Waals surface area contributed by atoms with Gasteiger partial charge in [0.1, 0.15) is 0 Å². The fourth-order valence-corrected chi connectivity index (χ4v) is 0.942. The van der Waals surface area contributed by atoms with Crippen molar-refractivity contribution in [2.75, 3.05) is 6.54 Å². The third-order valence-electron chi connectivity index (χ3n) is 2.10. The summed E-state index contributed by atoms with van der Waals surface area (Å²) >= 11 is 0. The second-order valence-corrected chi connectivity index (χ2v) is 3.69. The van der Waals surface area contributed by atoms with E-state index in [2.05, 4.69) is 25.7 Å².